The number of carbonyl (C=O) groups is 2. The van der Waals surface area contributed by atoms with E-state index in [2.05, 4.69) is 15.0 Å². The maximum absolute atomic E-state index is 14.4. The number of amides is 2. The van der Waals surface area contributed by atoms with Crippen LogP contribution in [0.15, 0.2) is 72.4 Å². The molecule has 0 spiro atoms. The third-order valence-electron chi connectivity index (χ3n) is 8.06. The number of aromatic nitrogens is 4. The van der Waals surface area contributed by atoms with Crippen LogP contribution in [0.3, 0.4) is 0 Å². The predicted molar refractivity (Wildman–Crippen MR) is 177 cm³/mol. The fraction of sp³-hybridized carbons (Fsp3) is 0.344. The van der Waals surface area contributed by atoms with Gasteiger partial charge in [-0.05, 0) is 57.0 Å². The van der Waals surface area contributed by atoms with Crippen molar-refractivity contribution < 1.29 is 22.7 Å². The molecule has 2 aliphatic heterocycles. The van der Waals surface area contributed by atoms with Gasteiger partial charge in [0.2, 0.25) is 5.95 Å². The van der Waals surface area contributed by atoms with Crippen LogP contribution in [0, 0.1) is 0 Å². The Balaban J connectivity index is 1.36. The van der Waals surface area contributed by atoms with Crippen LogP contribution in [-0.2, 0) is 31.5 Å². The molecule has 2 amide bonds. The second-order valence-corrected chi connectivity index (χ2v) is 15.4. The monoisotopic (exact) mass is 697 g/mol. The van der Waals surface area contributed by atoms with E-state index in [-0.39, 0.29) is 43.6 Å². The highest BCUT2D eigenvalue weighted by molar-refractivity contribution is 7.89. The number of anilines is 2. The zero-order valence-corrected chi connectivity index (χ0v) is 28.6. The molecular weight excluding hydrogens is 665 g/mol. The van der Waals surface area contributed by atoms with E-state index in [9.17, 15) is 18.0 Å². The summed E-state index contributed by atoms with van der Waals surface area (Å²) < 4.78 is 36.8. The van der Waals surface area contributed by atoms with E-state index < -0.39 is 33.2 Å². The maximum atomic E-state index is 14.4. The molecule has 0 N–H and O–H groups in total. The lowest BCUT2D eigenvalue weighted by Gasteiger charge is -2.35. The number of halogens is 2. The molecule has 0 aliphatic carbocycles. The minimum absolute atomic E-state index is 0.0467. The molecular formula is C32H33Cl2N7O5S. The number of carbonyl (C=O) groups excluding carboxylic acids is 2. The highest BCUT2D eigenvalue weighted by Gasteiger charge is 2.52. The molecule has 0 saturated carbocycles. The molecule has 2 aromatic carbocycles. The topological polar surface area (TPSA) is 131 Å². The van der Waals surface area contributed by atoms with Crippen LogP contribution in [0.5, 0.6) is 0 Å². The molecule has 12 nitrogen and oxygen atoms in total. The number of piperazine rings is 1. The normalized spacial score (nSPS) is 18.8. The van der Waals surface area contributed by atoms with Gasteiger partial charge in [0.1, 0.15) is 17.5 Å². The summed E-state index contributed by atoms with van der Waals surface area (Å²) in [5.41, 5.74) is 0.801. The van der Waals surface area contributed by atoms with Crippen LogP contribution in [0.1, 0.15) is 33.3 Å². The minimum atomic E-state index is -4.17. The van der Waals surface area contributed by atoms with Gasteiger partial charge in [0.05, 0.1) is 11.9 Å². The predicted octanol–water partition coefficient (Wildman–Crippen LogP) is 5.52. The molecule has 0 bridgehead atoms. The number of imidazole rings is 1. The molecule has 2 aliphatic rings. The molecule has 15 heteroatoms. The van der Waals surface area contributed by atoms with Crippen LogP contribution in [0.2, 0.25) is 10.0 Å². The summed E-state index contributed by atoms with van der Waals surface area (Å²) in [6, 6.07) is 12.3. The smallest absolute Gasteiger partial charge is 0.410 e. The average molecular weight is 699 g/mol. The van der Waals surface area contributed by atoms with Crippen molar-refractivity contribution in [1.29, 1.82) is 0 Å². The molecule has 1 fully saturated rings. The van der Waals surface area contributed by atoms with E-state index in [1.807, 2.05) is 24.3 Å². The van der Waals surface area contributed by atoms with Crippen LogP contribution in [0.4, 0.5) is 16.4 Å². The molecule has 1 saturated heterocycles. The van der Waals surface area contributed by atoms with Gasteiger partial charge in [-0.3, -0.25) is 9.36 Å². The Labute approximate surface area is 282 Å². The van der Waals surface area contributed by atoms with Gasteiger partial charge in [-0.1, -0.05) is 47.5 Å². The van der Waals surface area contributed by atoms with Crippen molar-refractivity contribution in [2.45, 2.75) is 50.3 Å². The first-order valence-electron chi connectivity index (χ1n) is 14.9. The lowest BCUT2D eigenvalue weighted by molar-refractivity contribution is -0.124. The van der Waals surface area contributed by atoms with Crippen molar-refractivity contribution in [3.8, 4) is 11.1 Å². The summed E-state index contributed by atoms with van der Waals surface area (Å²) in [5.74, 6) is -0.273. The maximum Gasteiger partial charge on any atom is 0.410 e. The lowest BCUT2D eigenvalue weighted by atomic mass is 9.91. The second-order valence-electron chi connectivity index (χ2n) is 12.6. The zero-order chi connectivity index (χ0) is 33.7. The van der Waals surface area contributed by atoms with Gasteiger partial charge in [0, 0.05) is 60.6 Å². The third-order valence-corrected chi connectivity index (χ3v) is 10.4. The van der Waals surface area contributed by atoms with E-state index in [1.165, 1.54) is 31.2 Å². The minimum Gasteiger partial charge on any atom is -0.444 e. The molecule has 246 valence electrons. The number of fused-ring (bicyclic) bond motifs is 1. The van der Waals surface area contributed by atoms with E-state index in [1.54, 1.807) is 58.3 Å². The first-order valence-corrected chi connectivity index (χ1v) is 17.1. The van der Waals surface area contributed by atoms with Gasteiger partial charge >= 0.3 is 6.09 Å². The summed E-state index contributed by atoms with van der Waals surface area (Å²) in [7, 11) is -4.17. The number of hydrogen-bond donors (Lipinski definition) is 0. The largest absolute Gasteiger partial charge is 0.444 e. The Bertz CT molecular complexity index is 1920. The molecule has 6 rings (SSSR count). The third kappa shape index (κ3) is 6.32. The van der Waals surface area contributed by atoms with Crippen LogP contribution in [0.25, 0.3) is 11.1 Å². The number of sulfonamides is 1. The first kappa shape index (κ1) is 32.9. The zero-order valence-electron chi connectivity index (χ0n) is 26.2. The highest BCUT2D eigenvalue weighted by atomic mass is 35.5. The van der Waals surface area contributed by atoms with Gasteiger partial charge < -0.3 is 9.64 Å². The quantitative estimate of drug-likeness (QED) is 0.257. The highest BCUT2D eigenvalue weighted by Crippen LogP contribution is 2.45. The van der Waals surface area contributed by atoms with Gasteiger partial charge in [-0.2, -0.15) is 4.31 Å². The Morgan fingerprint density at radius 3 is 2.15 bits per heavy atom. The van der Waals surface area contributed by atoms with Crippen molar-refractivity contribution >= 4 is 56.9 Å². The van der Waals surface area contributed by atoms with Crippen LogP contribution >= 0.6 is 23.2 Å². The van der Waals surface area contributed by atoms with Gasteiger partial charge in [-0.15, -0.1) is 0 Å². The standard InChI is InChI=1S/C32H33Cl2N7O5S/c1-31(2,3)46-30(43)38-9-11-39(12-10-38)47(44,45)27-19-37-29-40(26-14-24(33)13-25(34)15-26)28(42)32(4,41(27)29)16-21-5-7-22(8-6-21)23-17-35-20-36-18-23/h5-8,13-15,17-20H,9-12,16H2,1-4H3. The Hall–Kier alpha value is -4.04. The number of hydrogen-bond acceptors (Lipinski definition) is 8. The van der Waals surface area contributed by atoms with Gasteiger partial charge in [0.25, 0.3) is 15.9 Å². The van der Waals surface area contributed by atoms with E-state index in [0.717, 1.165) is 16.7 Å². The summed E-state index contributed by atoms with van der Waals surface area (Å²) in [5, 5.41) is 0.481. The van der Waals surface area contributed by atoms with Crippen LogP contribution < -0.4 is 4.90 Å². The molecule has 4 heterocycles. The van der Waals surface area contributed by atoms with E-state index in [4.69, 9.17) is 27.9 Å². The summed E-state index contributed by atoms with van der Waals surface area (Å²) in [6.45, 7) is 7.42. The fourth-order valence-electron chi connectivity index (χ4n) is 5.84. The van der Waals surface area contributed by atoms with E-state index in [0.29, 0.717) is 15.7 Å². The number of benzene rings is 2. The molecule has 2 aromatic heterocycles. The van der Waals surface area contributed by atoms with Crippen molar-refractivity contribution in [3.63, 3.8) is 0 Å². The Morgan fingerprint density at radius 2 is 1.55 bits per heavy atom. The van der Waals surface area contributed by atoms with Gasteiger partial charge in [0.15, 0.2) is 5.03 Å². The number of nitrogens with zero attached hydrogens (tertiary/aromatic N) is 7. The summed E-state index contributed by atoms with van der Waals surface area (Å²) in [6.07, 6.45) is 5.80. The lowest BCUT2D eigenvalue weighted by Crippen LogP contribution is -2.52. The molecule has 1 unspecified atom stereocenters. The van der Waals surface area contributed by atoms with E-state index >= 15 is 0 Å². The Kier molecular flexibility index (Phi) is 8.54. The second kappa shape index (κ2) is 12.2. The molecule has 47 heavy (non-hydrogen) atoms. The molecule has 1 atom stereocenters. The number of ether oxygens (including phenoxy) is 1. The van der Waals surface area contributed by atoms with Crippen molar-refractivity contribution in [3.05, 3.63) is 83.0 Å². The van der Waals surface area contributed by atoms with Gasteiger partial charge in [-0.25, -0.2) is 33.1 Å². The summed E-state index contributed by atoms with van der Waals surface area (Å²) >= 11 is 12.6. The Morgan fingerprint density at radius 1 is 0.936 bits per heavy atom. The molecule has 4 aromatic rings. The van der Waals surface area contributed by atoms with Crippen molar-refractivity contribution in [1.82, 2.24) is 28.7 Å². The average Bonchev–Trinajstić information content (AvgIpc) is 3.55. The molecule has 0 radical (unpaired) electrons. The van der Waals surface area contributed by atoms with Crippen LogP contribution in [-0.4, -0.2) is 80.9 Å². The van der Waals surface area contributed by atoms with Crippen molar-refractivity contribution in [2.24, 2.45) is 0 Å². The SMILES string of the molecule is CC(C)(C)OC(=O)N1CCN(S(=O)(=O)c2cnc3n2C(C)(Cc2ccc(-c4cncnc4)cc2)C(=O)N3c2cc(Cl)cc(Cl)c2)CC1. The fourth-order valence-corrected chi connectivity index (χ4v) is 7.97. The summed E-state index contributed by atoms with van der Waals surface area (Å²) in [4.78, 5) is 42.5. The van der Waals surface area contributed by atoms with Crippen molar-refractivity contribution in [2.75, 3.05) is 31.1 Å². The number of rotatable bonds is 6. The first-order chi connectivity index (χ1) is 22.2.